The largest absolute Gasteiger partial charge is 0.353 e. The van der Waals surface area contributed by atoms with Crippen LogP contribution in [0.3, 0.4) is 0 Å². The molecular weight excluding hydrogens is 104 g/mol. The van der Waals surface area contributed by atoms with E-state index in [2.05, 4.69) is 13.2 Å². The van der Waals surface area contributed by atoms with Gasteiger partial charge in [-0.15, -0.1) is 13.2 Å². The molecule has 8 heavy (non-hydrogen) atoms. The Morgan fingerprint density at radius 3 is 2.25 bits per heavy atom. The summed E-state index contributed by atoms with van der Waals surface area (Å²) in [5.41, 5.74) is 0. The SMILES string of the molecule is C=C.CC1COCO1. The summed E-state index contributed by atoms with van der Waals surface area (Å²) in [4.78, 5) is 0. The Balaban J connectivity index is 0.000000222. The highest BCUT2D eigenvalue weighted by Gasteiger charge is 2.07. The molecular formula is C6H12O2. The van der Waals surface area contributed by atoms with Crippen molar-refractivity contribution in [3.63, 3.8) is 0 Å². The van der Waals surface area contributed by atoms with Gasteiger partial charge in [-0.25, -0.2) is 0 Å². The van der Waals surface area contributed by atoms with Gasteiger partial charge in [0.2, 0.25) is 0 Å². The van der Waals surface area contributed by atoms with Gasteiger partial charge < -0.3 is 9.47 Å². The van der Waals surface area contributed by atoms with E-state index in [0.717, 1.165) is 6.61 Å². The molecule has 0 aromatic rings. The van der Waals surface area contributed by atoms with Crippen LogP contribution in [0, 0.1) is 0 Å². The van der Waals surface area contributed by atoms with Crippen LogP contribution in [0.1, 0.15) is 6.92 Å². The molecule has 1 rings (SSSR count). The maximum atomic E-state index is 4.93. The van der Waals surface area contributed by atoms with Gasteiger partial charge in [0.25, 0.3) is 0 Å². The lowest BCUT2D eigenvalue weighted by Crippen LogP contribution is -2.00. The van der Waals surface area contributed by atoms with Crippen molar-refractivity contribution in [1.82, 2.24) is 0 Å². The van der Waals surface area contributed by atoms with Crippen LogP contribution >= 0.6 is 0 Å². The highest BCUT2D eigenvalue weighted by Crippen LogP contribution is 1.98. The standard InChI is InChI=1S/C4H8O2.C2H4/c1-4-2-5-3-6-4;1-2/h4H,2-3H2,1H3;1-2H2. The molecule has 0 amide bonds. The van der Waals surface area contributed by atoms with Gasteiger partial charge in [-0.2, -0.15) is 0 Å². The van der Waals surface area contributed by atoms with Crippen molar-refractivity contribution in [3.8, 4) is 0 Å². The number of rotatable bonds is 0. The molecule has 0 aliphatic carbocycles. The minimum atomic E-state index is 0.324. The van der Waals surface area contributed by atoms with E-state index in [1.807, 2.05) is 6.92 Å². The summed E-state index contributed by atoms with van der Waals surface area (Å²) in [6.07, 6.45) is 0.324. The highest BCUT2D eigenvalue weighted by atomic mass is 16.7. The predicted octanol–water partition coefficient (Wildman–Crippen LogP) is 1.18. The average Bonchev–Trinajstić information content (AvgIpc) is 2.24. The first-order valence-electron chi connectivity index (χ1n) is 2.59. The van der Waals surface area contributed by atoms with E-state index in [0.29, 0.717) is 12.9 Å². The molecule has 2 nitrogen and oxygen atoms in total. The summed E-state index contributed by atoms with van der Waals surface area (Å²) in [6.45, 7) is 9.24. The summed E-state index contributed by atoms with van der Waals surface area (Å²) in [5.74, 6) is 0. The lowest BCUT2D eigenvalue weighted by molar-refractivity contribution is 0.0514. The second kappa shape index (κ2) is 4.81. The van der Waals surface area contributed by atoms with Crippen molar-refractivity contribution in [3.05, 3.63) is 13.2 Å². The zero-order valence-electron chi connectivity index (χ0n) is 5.22. The van der Waals surface area contributed by atoms with Crippen molar-refractivity contribution < 1.29 is 9.47 Å². The molecule has 0 aromatic heterocycles. The summed E-state index contributed by atoms with van der Waals surface area (Å²) >= 11 is 0. The molecule has 0 aromatic carbocycles. The molecule has 1 atom stereocenters. The third kappa shape index (κ3) is 2.77. The van der Waals surface area contributed by atoms with Gasteiger partial charge in [0.1, 0.15) is 6.79 Å². The molecule has 0 N–H and O–H groups in total. The van der Waals surface area contributed by atoms with Gasteiger partial charge in [-0.3, -0.25) is 0 Å². The van der Waals surface area contributed by atoms with E-state index in [1.165, 1.54) is 0 Å². The Labute approximate surface area is 50.1 Å². The minimum Gasteiger partial charge on any atom is -0.353 e. The van der Waals surface area contributed by atoms with Gasteiger partial charge in [-0.1, -0.05) is 0 Å². The molecule has 1 saturated heterocycles. The molecule has 0 spiro atoms. The number of ether oxygens (including phenoxy) is 2. The van der Waals surface area contributed by atoms with Crippen molar-refractivity contribution in [1.29, 1.82) is 0 Å². The molecule has 1 heterocycles. The van der Waals surface area contributed by atoms with E-state index in [4.69, 9.17) is 9.47 Å². The van der Waals surface area contributed by atoms with Crippen LogP contribution in [-0.4, -0.2) is 19.5 Å². The smallest absolute Gasteiger partial charge is 0.147 e. The van der Waals surface area contributed by atoms with Crippen molar-refractivity contribution in [2.75, 3.05) is 13.4 Å². The molecule has 48 valence electrons. The van der Waals surface area contributed by atoms with Crippen LogP contribution in [0.2, 0.25) is 0 Å². The molecule has 0 bridgehead atoms. The monoisotopic (exact) mass is 116 g/mol. The quantitative estimate of drug-likeness (QED) is 0.442. The summed E-state index contributed by atoms with van der Waals surface area (Å²) < 4.78 is 9.77. The average molecular weight is 116 g/mol. The van der Waals surface area contributed by atoms with Gasteiger partial charge in [0.15, 0.2) is 0 Å². The Hall–Kier alpha value is -0.340. The van der Waals surface area contributed by atoms with Crippen molar-refractivity contribution in [2.45, 2.75) is 13.0 Å². The van der Waals surface area contributed by atoms with Crippen LogP contribution in [0.15, 0.2) is 13.2 Å². The number of hydrogen-bond donors (Lipinski definition) is 0. The summed E-state index contributed by atoms with van der Waals surface area (Å²) in [7, 11) is 0. The van der Waals surface area contributed by atoms with Gasteiger partial charge in [-0.05, 0) is 6.92 Å². The van der Waals surface area contributed by atoms with Crippen LogP contribution in [0.4, 0.5) is 0 Å². The van der Waals surface area contributed by atoms with Gasteiger partial charge in [0.05, 0.1) is 12.7 Å². The normalized spacial score (nSPS) is 26.4. The lowest BCUT2D eigenvalue weighted by atomic mass is 10.5. The lowest BCUT2D eigenvalue weighted by Gasteiger charge is -1.90. The van der Waals surface area contributed by atoms with Gasteiger partial charge >= 0.3 is 0 Å². The fourth-order valence-electron chi connectivity index (χ4n) is 0.426. The Morgan fingerprint density at radius 2 is 2.12 bits per heavy atom. The predicted molar refractivity (Wildman–Crippen MR) is 32.6 cm³/mol. The van der Waals surface area contributed by atoms with Crippen molar-refractivity contribution in [2.24, 2.45) is 0 Å². The van der Waals surface area contributed by atoms with Crippen LogP contribution in [-0.2, 0) is 9.47 Å². The Bertz CT molecular complexity index is 48.5. The van der Waals surface area contributed by atoms with E-state index >= 15 is 0 Å². The van der Waals surface area contributed by atoms with Crippen LogP contribution in [0.25, 0.3) is 0 Å². The molecule has 1 aliphatic rings. The zero-order valence-corrected chi connectivity index (χ0v) is 5.22. The molecule has 2 heteroatoms. The molecule has 1 unspecified atom stereocenters. The molecule has 1 fully saturated rings. The molecule has 0 saturated carbocycles. The first kappa shape index (κ1) is 7.66. The fourth-order valence-corrected chi connectivity index (χ4v) is 0.426. The Kier molecular flexibility index (Phi) is 4.61. The second-order valence-corrected chi connectivity index (χ2v) is 1.47. The third-order valence-corrected chi connectivity index (χ3v) is 0.788. The van der Waals surface area contributed by atoms with E-state index < -0.39 is 0 Å². The van der Waals surface area contributed by atoms with E-state index in [1.54, 1.807) is 0 Å². The second-order valence-electron chi connectivity index (χ2n) is 1.47. The van der Waals surface area contributed by atoms with Crippen LogP contribution in [0.5, 0.6) is 0 Å². The molecule has 0 radical (unpaired) electrons. The minimum absolute atomic E-state index is 0.324. The molecule has 1 aliphatic heterocycles. The summed E-state index contributed by atoms with van der Waals surface area (Å²) in [6, 6.07) is 0. The topological polar surface area (TPSA) is 18.5 Å². The van der Waals surface area contributed by atoms with E-state index in [9.17, 15) is 0 Å². The highest BCUT2D eigenvalue weighted by molar-refractivity contribution is 4.47. The van der Waals surface area contributed by atoms with E-state index in [-0.39, 0.29) is 0 Å². The van der Waals surface area contributed by atoms with Crippen LogP contribution < -0.4 is 0 Å². The first-order chi connectivity index (χ1) is 3.89. The maximum absolute atomic E-state index is 4.93. The Morgan fingerprint density at radius 1 is 1.50 bits per heavy atom. The first-order valence-corrected chi connectivity index (χ1v) is 2.59. The van der Waals surface area contributed by atoms with Crippen molar-refractivity contribution >= 4 is 0 Å². The third-order valence-electron chi connectivity index (χ3n) is 0.788. The van der Waals surface area contributed by atoms with Gasteiger partial charge in [0, 0.05) is 0 Å². The fraction of sp³-hybridized carbons (Fsp3) is 0.667. The zero-order chi connectivity index (χ0) is 6.41. The summed E-state index contributed by atoms with van der Waals surface area (Å²) in [5, 5.41) is 0. The number of hydrogen-bond acceptors (Lipinski definition) is 2. The maximum Gasteiger partial charge on any atom is 0.147 e.